The Morgan fingerprint density at radius 2 is 1.92 bits per heavy atom. The number of aromatic nitrogens is 5. The number of halogens is 3. The Morgan fingerprint density at radius 3 is 2.68 bits per heavy atom. The molecule has 0 unspecified atom stereocenters. The molecule has 3 heterocycles. The van der Waals surface area contributed by atoms with Crippen LogP contribution in [0.25, 0.3) is 11.3 Å². The molecule has 8 nitrogen and oxygen atoms in total. The van der Waals surface area contributed by atoms with Crippen molar-refractivity contribution in [3.8, 4) is 23.6 Å². The van der Waals surface area contributed by atoms with Crippen molar-refractivity contribution in [1.29, 1.82) is 5.26 Å². The maximum atomic E-state index is 13.6. The number of benzene rings is 2. The second kappa shape index (κ2) is 9.56. The molecule has 0 fully saturated rings. The number of anilines is 1. The van der Waals surface area contributed by atoms with Crippen molar-refractivity contribution in [2.75, 3.05) is 5.32 Å². The van der Waals surface area contributed by atoms with E-state index >= 15 is 0 Å². The maximum Gasteiger partial charge on any atom is 0.416 e. The minimum atomic E-state index is -4.66. The van der Waals surface area contributed by atoms with Crippen molar-refractivity contribution < 1.29 is 18.0 Å². The molecule has 186 valence electrons. The molecule has 5 aromatic rings. The zero-order chi connectivity index (χ0) is 26.9. The van der Waals surface area contributed by atoms with Crippen LogP contribution in [0.3, 0.4) is 0 Å². The summed E-state index contributed by atoms with van der Waals surface area (Å²) < 4.78 is 43.8. The fourth-order valence-corrected chi connectivity index (χ4v) is 3.69. The van der Waals surface area contributed by atoms with Gasteiger partial charge in [-0.3, -0.25) is 14.2 Å². The molecule has 0 aliphatic carbocycles. The van der Waals surface area contributed by atoms with Gasteiger partial charge in [-0.25, -0.2) is 9.97 Å². The fourth-order valence-electron chi connectivity index (χ4n) is 3.69. The molecule has 0 aliphatic heterocycles. The van der Waals surface area contributed by atoms with Gasteiger partial charge in [-0.2, -0.15) is 18.4 Å². The van der Waals surface area contributed by atoms with Gasteiger partial charge < -0.3 is 9.88 Å². The highest BCUT2D eigenvalue weighted by atomic mass is 19.4. The van der Waals surface area contributed by atoms with Crippen molar-refractivity contribution in [2.45, 2.75) is 13.1 Å². The van der Waals surface area contributed by atoms with Crippen LogP contribution in [0.15, 0.2) is 73.7 Å². The van der Waals surface area contributed by atoms with Crippen LogP contribution < -0.4 is 5.32 Å². The van der Waals surface area contributed by atoms with Crippen molar-refractivity contribution in [3.05, 3.63) is 107 Å². The van der Waals surface area contributed by atoms with Gasteiger partial charge in [0.2, 0.25) is 0 Å². The van der Waals surface area contributed by atoms with Gasteiger partial charge in [-0.05, 0) is 48.7 Å². The van der Waals surface area contributed by atoms with Crippen LogP contribution in [0.1, 0.15) is 38.4 Å². The minimum Gasteiger partial charge on any atom is -0.322 e. The van der Waals surface area contributed by atoms with E-state index in [1.165, 1.54) is 23.2 Å². The lowest BCUT2D eigenvalue weighted by molar-refractivity contribution is -0.137. The van der Waals surface area contributed by atoms with Crippen molar-refractivity contribution in [1.82, 2.24) is 23.9 Å². The second-order valence-electron chi connectivity index (χ2n) is 8.23. The van der Waals surface area contributed by atoms with Gasteiger partial charge in [0.25, 0.3) is 5.91 Å². The van der Waals surface area contributed by atoms with Gasteiger partial charge in [0.05, 0.1) is 18.0 Å². The van der Waals surface area contributed by atoms with E-state index in [2.05, 4.69) is 32.1 Å². The lowest BCUT2D eigenvalue weighted by atomic mass is 10.0. The molecule has 3 aromatic heterocycles. The highest BCUT2D eigenvalue weighted by Gasteiger charge is 2.31. The number of nitrogens with one attached hydrogen (secondary N) is 1. The monoisotopic (exact) mass is 511 g/mol. The third-order valence-corrected chi connectivity index (χ3v) is 5.64. The molecule has 38 heavy (non-hydrogen) atoms. The molecule has 0 spiro atoms. The molecule has 1 N–H and O–H groups in total. The number of nitriles is 1. The molecule has 0 radical (unpaired) electrons. The first-order valence-corrected chi connectivity index (χ1v) is 11.1. The minimum absolute atomic E-state index is 0.0434. The lowest BCUT2D eigenvalue weighted by Crippen LogP contribution is -2.14. The predicted octanol–water partition coefficient (Wildman–Crippen LogP) is 4.77. The standard InChI is InChI=1S/C27H16F3N7O/c1-17-2-3-19(8-18(17)4-5-23-13-33-25-14-32-6-7-37(23)25)26(38)35-21-9-20(27(28,29)30)10-24(11-21)36-15-22(12-31)34-16-36/h2-3,6-11,13-16H,1H3,(H,35,38). The van der Waals surface area contributed by atoms with Gasteiger partial charge in [0.15, 0.2) is 11.3 Å². The van der Waals surface area contributed by atoms with E-state index in [1.807, 2.05) is 13.0 Å². The number of carbonyl (C=O) groups excluding carboxylic acids is 1. The van der Waals surface area contributed by atoms with Crippen LogP contribution >= 0.6 is 0 Å². The number of hydrogen-bond donors (Lipinski definition) is 1. The topological polar surface area (TPSA) is 101 Å². The van der Waals surface area contributed by atoms with Crippen molar-refractivity contribution in [3.63, 3.8) is 0 Å². The van der Waals surface area contributed by atoms with Gasteiger partial charge in [0, 0.05) is 41.1 Å². The van der Waals surface area contributed by atoms with Crippen LogP contribution in [0.4, 0.5) is 18.9 Å². The summed E-state index contributed by atoms with van der Waals surface area (Å²) >= 11 is 0. The van der Waals surface area contributed by atoms with Crippen LogP contribution in [-0.2, 0) is 6.18 Å². The summed E-state index contributed by atoms with van der Waals surface area (Å²) in [6.07, 6.45) is 4.43. The van der Waals surface area contributed by atoms with E-state index in [-0.39, 0.29) is 22.6 Å². The highest BCUT2D eigenvalue weighted by molar-refractivity contribution is 6.04. The molecule has 11 heteroatoms. The Morgan fingerprint density at radius 1 is 1.08 bits per heavy atom. The molecular formula is C27H16F3N7O. The van der Waals surface area contributed by atoms with Crippen molar-refractivity contribution >= 4 is 17.2 Å². The normalized spacial score (nSPS) is 11.0. The fraction of sp³-hybridized carbons (Fsp3) is 0.0741. The number of hydrogen-bond acceptors (Lipinski definition) is 5. The summed E-state index contributed by atoms with van der Waals surface area (Å²) in [7, 11) is 0. The molecule has 0 saturated carbocycles. The third-order valence-electron chi connectivity index (χ3n) is 5.64. The number of nitrogens with zero attached hydrogens (tertiary/aromatic N) is 6. The van der Waals surface area contributed by atoms with E-state index < -0.39 is 17.6 Å². The molecule has 5 rings (SSSR count). The van der Waals surface area contributed by atoms with Crippen molar-refractivity contribution in [2.24, 2.45) is 0 Å². The zero-order valence-electron chi connectivity index (χ0n) is 19.7. The van der Waals surface area contributed by atoms with Crippen LogP contribution in [0.5, 0.6) is 0 Å². The first-order chi connectivity index (χ1) is 18.2. The predicted molar refractivity (Wildman–Crippen MR) is 131 cm³/mol. The Hall–Kier alpha value is -5.42. The highest BCUT2D eigenvalue weighted by Crippen LogP contribution is 2.33. The number of carbonyl (C=O) groups is 1. The summed E-state index contributed by atoms with van der Waals surface area (Å²) in [5.74, 6) is 5.46. The lowest BCUT2D eigenvalue weighted by Gasteiger charge is -2.14. The van der Waals surface area contributed by atoms with Crippen LogP contribution in [-0.4, -0.2) is 29.8 Å². The van der Waals surface area contributed by atoms with Gasteiger partial charge in [-0.15, -0.1) is 0 Å². The van der Waals surface area contributed by atoms with Crippen LogP contribution in [0.2, 0.25) is 0 Å². The second-order valence-corrected chi connectivity index (χ2v) is 8.23. The molecule has 0 atom stereocenters. The number of alkyl halides is 3. The summed E-state index contributed by atoms with van der Waals surface area (Å²) in [5.41, 5.74) is 1.98. The first kappa shape index (κ1) is 24.3. The third kappa shape index (κ3) is 4.94. The average Bonchev–Trinajstić information content (AvgIpc) is 3.55. The van der Waals surface area contributed by atoms with E-state index in [0.29, 0.717) is 16.9 Å². The van der Waals surface area contributed by atoms with Gasteiger partial charge in [0.1, 0.15) is 18.1 Å². The first-order valence-electron chi connectivity index (χ1n) is 11.1. The number of rotatable bonds is 3. The Labute approximate surface area is 214 Å². The number of aryl methyl sites for hydroxylation is 1. The average molecular weight is 511 g/mol. The zero-order valence-corrected chi connectivity index (χ0v) is 19.7. The summed E-state index contributed by atoms with van der Waals surface area (Å²) in [4.78, 5) is 25.1. The smallest absolute Gasteiger partial charge is 0.322 e. The maximum absolute atomic E-state index is 13.6. The van der Waals surface area contributed by atoms with E-state index in [9.17, 15) is 18.0 Å². The van der Waals surface area contributed by atoms with Gasteiger partial charge in [-0.1, -0.05) is 12.0 Å². The summed E-state index contributed by atoms with van der Waals surface area (Å²) in [5, 5.41) is 11.5. The molecule has 0 aliphatic rings. The Balaban J connectivity index is 1.45. The molecular weight excluding hydrogens is 495 g/mol. The number of amides is 1. The van der Waals surface area contributed by atoms with E-state index in [1.54, 1.807) is 47.4 Å². The Bertz CT molecular complexity index is 1800. The number of fused-ring (bicyclic) bond motifs is 1. The molecule has 0 bridgehead atoms. The molecule has 2 aromatic carbocycles. The largest absolute Gasteiger partial charge is 0.416 e. The number of imidazole rings is 2. The molecule has 0 saturated heterocycles. The quantitative estimate of drug-likeness (QED) is 0.352. The molecule has 1 amide bonds. The van der Waals surface area contributed by atoms with E-state index in [4.69, 9.17) is 5.26 Å². The van der Waals surface area contributed by atoms with Crippen LogP contribution in [0, 0.1) is 30.1 Å². The summed E-state index contributed by atoms with van der Waals surface area (Å²) in [6.45, 7) is 1.84. The van der Waals surface area contributed by atoms with E-state index in [0.717, 1.165) is 17.7 Å². The Kier molecular flexibility index (Phi) is 6.11. The summed E-state index contributed by atoms with van der Waals surface area (Å²) in [6, 6.07) is 9.80. The SMILES string of the molecule is Cc1ccc(C(=O)Nc2cc(-n3cnc(C#N)c3)cc(C(F)(F)F)c2)cc1C#Cc1cnc2cnccn12. The van der Waals surface area contributed by atoms with Gasteiger partial charge >= 0.3 is 6.18 Å².